The Morgan fingerprint density at radius 1 is 1.16 bits per heavy atom. The second-order valence-corrected chi connectivity index (χ2v) is 5.68. The summed E-state index contributed by atoms with van der Waals surface area (Å²) in [5, 5.41) is 10.9. The maximum Gasteiger partial charge on any atom is 0.254 e. The third-order valence-electron chi connectivity index (χ3n) is 3.85. The van der Waals surface area contributed by atoms with Crippen molar-refractivity contribution in [1.82, 2.24) is 19.9 Å². The van der Waals surface area contributed by atoms with Crippen LogP contribution in [0, 0.1) is 0 Å². The van der Waals surface area contributed by atoms with Crippen LogP contribution in [-0.2, 0) is 11.3 Å². The highest BCUT2D eigenvalue weighted by atomic mass is 16.2. The molecule has 1 N–H and O–H groups in total. The molecule has 0 aliphatic rings. The predicted molar refractivity (Wildman–Crippen MR) is 95.2 cm³/mol. The minimum absolute atomic E-state index is 0.0343. The Morgan fingerprint density at radius 2 is 1.92 bits per heavy atom. The largest absolute Gasteiger partial charge is 0.332 e. The van der Waals surface area contributed by atoms with Gasteiger partial charge in [-0.15, -0.1) is 5.10 Å². The summed E-state index contributed by atoms with van der Waals surface area (Å²) in [5.74, 6) is -0.490. The van der Waals surface area contributed by atoms with Crippen LogP contribution in [0.25, 0.3) is 11.0 Å². The number of hydrogen-bond acceptors (Lipinski definition) is 4. The summed E-state index contributed by atoms with van der Waals surface area (Å²) >= 11 is 0. The van der Waals surface area contributed by atoms with Gasteiger partial charge < -0.3 is 10.2 Å². The molecule has 25 heavy (non-hydrogen) atoms. The molecule has 0 saturated carbocycles. The van der Waals surface area contributed by atoms with E-state index >= 15 is 0 Å². The van der Waals surface area contributed by atoms with Crippen molar-refractivity contribution in [1.29, 1.82) is 0 Å². The van der Waals surface area contributed by atoms with E-state index in [4.69, 9.17) is 0 Å². The molecule has 2 aromatic carbocycles. The monoisotopic (exact) mass is 337 g/mol. The first kappa shape index (κ1) is 16.6. The van der Waals surface area contributed by atoms with Gasteiger partial charge in [0.2, 0.25) is 5.91 Å². The van der Waals surface area contributed by atoms with Gasteiger partial charge in [-0.05, 0) is 37.3 Å². The van der Waals surface area contributed by atoms with E-state index in [-0.39, 0.29) is 18.4 Å². The number of carbonyl (C=O) groups excluding carboxylic acids is 2. The lowest BCUT2D eigenvalue weighted by Crippen LogP contribution is -2.34. The first-order chi connectivity index (χ1) is 12.1. The van der Waals surface area contributed by atoms with Crippen LogP contribution in [0.4, 0.5) is 5.69 Å². The van der Waals surface area contributed by atoms with E-state index in [0.717, 1.165) is 5.52 Å². The van der Waals surface area contributed by atoms with E-state index in [2.05, 4.69) is 15.6 Å². The van der Waals surface area contributed by atoms with E-state index in [9.17, 15) is 9.59 Å². The average Bonchev–Trinajstić information content (AvgIpc) is 3.04. The third-order valence-corrected chi connectivity index (χ3v) is 3.85. The fourth-order valence-corrected chi connectivity index (χ4v) is 2.57. The molecule has 0 unspecified atom stereocenters. The van der Waals surface area contributed by atoms with Crippen molar-refractivity contribution in [2.45, 2.75) is 13.5 Å². The Labute approximate surface area is 145 Å². The first-order valence-electron chi connectivity index (χ1n) is 8.02. The van der Waals surface area contributed by atoms with Crippen LogP contribution < -0.4 is 5.32 Å². The topological polar surface area (TPSA) is 80.1 Å². The summed E-state index contributed by atoms with van der Waals surface area (Å²) in [6, 6.07) is 14.4. The van der Waals surface area contributed by atoms with Crippen LogP contribution in [0.2, 0.25) is 0 Å². The molecule has 7 nitrogen and oxygen atoms in total. The molecule has 128 valence electrons. The lowest BCUT2D eigenvalue weighted by molar-refractivity contribution is -0.116. The van der Waals surface area contributed by atoms with Crippen LogP contribution >= 0.6 is 0 Å². The number of aryl methyl sites for hydroxylation is 1. The molecule has 0 aliphatic heterocycles. The van der Waals surface area contributed by atoms with E-state index in [1.807, 2.05) is 31.2 Å². The highest BCUT2D eigenvalue weighted by molar-refractivity contribution is 6.00. The molecule has 0 atom stereocenters. The molecule has 0 spiro atoms. The minimum Gasteiger partial charge on any atom is -0.332 e. The fourth-order valence-electron chi connectivity index (χ4n) is 2.57. The van der Waals surface area contributed by atoms with Crippen LogP contribution in [0.5, 0.6) is 0 Å². The molecule has 0 radical (unpaired) electrons. The van der Waals surface area contributed by atoms with Crippen LogP contribution in [0.3, 0.4) is 0 Å². The van der Waals surface area contributed by atoms with Gasteiger partial charge in [-0.1, -0.05) is 23.4 Å². The lowest BCUT2D eigenvalue weighted by Gasteiger charge is -2.17. The number of aromatic nitrogens is 3. The number of rotatable bonds is 5. The van der Waals surface area contributed by atoms with E-state index in [1.165, 1.54) is 4.90 Å². The standard InChI is InChI=1S/C18H19N5O2/c1-3-23-16-10-9-13(11-15(16)20-21-23)18(25)22(2)12-17(24)19-14-7-5-4-6-8-14/h4-11H,3,12H2,1-2H3,(H,19,24). The predicted octanol–water partition coefficient (Wildman–Crippen LogP) is 2.16. The number of benzene rings is 2. The highest BCUT2D eigenvalue weighted by Gasteiger charge is 2.16. The molecule has 3 aromatic rings. The lowest BCUT2D eigenvalue weighted by atomic mass is 10.1. The molecular weight excluding hydrogens is 318 g/mol. The number of nitrogens with one attached hydrogen (secondary N) is 1. The maximum absolute atomic E-state index is 12.5. The number of fused-ring (bicyclic) bond motifs is 1. The first-order valence-corrected chi connectivity index (χ1v) is 8.02. The Bertz CT molecular complexity index is 904. The molecule has 0 saturated heterocycles. The number of para-hydroxylation sites is 1. The van der Waals surface area contributed by atoms with E-state index in [1.54, 1.807) is 36.0 Å². The number of amides is 2. The third kappa shape index (κ3) is 3.65. The van der Waals surface area contributed by atoms with Crippen LogP contribution in [0.15, 0.2) is 48.5 Å². The Balaban J connectivity index is 1.68. The molecule has 1 heterocycles. The van der Waals surface area contributed by atoms with Crippen LogP contribution in [0.1, 0.15) is 17.3 Å². The van der Waals surface area contributed by atoms with Gasteiger partial charge >= 0.3 is 0 Å². The van der Waals surface area contributed by atoms with Gasteiger partial charge in [0, 0.05) is 24.8 Å². The number of hydrogen-bond donors (Lipinski definition) is 1. The van der Waals surface area contributed by atoms with Crippen molar-refractivity contribution in [2.75, 3.05) is 18.9 Å². The van der Waals surface area contributed by atoms with Gasteiger partial charge in [-0.25, -0.2) is 4.68 Å². The van der Waals surface area contributed by atoms with Crippen molar-refractivity contribution < 1.29 is 9.59 Å². The molecule has 2 amide bonds. The SMILES string of the molecule is CCn1nnc2cc(C(=O)N(C)CC(=O)Nc3ccccc3)ccc21. The van der Waals surface area contributed by atoms with Gasteiger partial charge in [0.25, 0.3) is 5.91 Å². The summed E-state index contributed by atoms with van der Waals surface area (Å²) in [7, 11) is 1.60. The van der Waals surface area contributed by atoms with Crippen molar-refractivity contribution in [3.63, 3.8) is 0 Å². The molecule has 1 aromatic heterocycles. The van der Waals surface area contributed by atoms with E-state index < -0.39 is 0 Å². The smallest absolute Gasteiger partial charge is 0.254 e. The van der Waals surface area contributed by atoms with Gasteiger partial charge in [-0.2, -0.15) is 0 Å². The highest BCUT2D eigenvalue weighted by Crippen LogP contribution is 2.15. The summed E-state index contributed by atoms with van der Waals surface area (Å²) in [6.45, 7) is 2.66. The fraction of sp³-hybridized carbons (Fsp3) is 0.222. The Hall–Kier alpha value is -3.22. The number of carbonyl (C=O) groups is 2. The molecular formula is C18H19N5O2. The van der Waals surface area contributed by atoms with Gasteiger partial charge in [0.1, 0.15) is 5.52 Å². The number of anilines is 1. The molecule has 0 aliphatic carbocycles. The zero-order chi connectivity index (χ0) is 17.8. The minimum atomic E-state index is -0.250. The van der Waals surface area contributed by atoms with Gasteiger partial charge in [-0.3, -0.25) is 9.59 Å². The van der Waals surface area contributed by atoms with Crippen LogP contribution in [-0.4, -0.2) is 45.3 Å². The van der Waals surface area contributed by atoms with E-state index in [0.29, 0.717) is 23.3 Å². The summed E-state index contributed by atoms with van der Waals surface area (Å²) in [4.78, 5) is 26.0. The molecule has 0 bridgehead atoms. The van der Waals surface area contributed by atoms with Crippen molar-refractivity contribution in [2.24, 2.45) is 0 Å². The molecule has 3 rings (SSSR count). The quantitative estimate of drug-likeness (QED) is 0.774. The number of nitrogens with zero attached hydrogens (tertiary/aromatic N) is 4. The average molecular weight is 337 g/mol. The normalized spacial score (nSPS) is 10.6. The summed E-state index contributed by atoms with van der Waals surface area (Å²) < 4.78 is 1.76. The second kappa shape index (κ2) is 7.12. The Kier molecular flexibility index (Phi) is 4.74. The van der Waals surface area contributed by atoms with Crippen molar-refractivity contribution >= 4 is 28.5 Å². The second-order valence-electron chi connectivity index (χ2n) is 5.68. The summed E-state index contributed by atoms with van der Waals surface area (Å²) in [6.07, 6.45) is 0. The zero-order valence-corrected chi connectivity index (χ0v) is 14.1. The van der Waals surface area contributed by atoms with Gasteiger partial charge in [0.05, 0.1) is 12.1 Å². The zero-order valence-electron chi connectivity index (χ0n) is 14.1. The Morgan fingerprint density at radius 3 is 2.64 bits per heavy atom. The summed E-state index contributed by atoms with van der Waals surface area (Å²) in [5.41, 5.74) is 2.72. The maximum atomic E-state index is 12.5. The van der Waals surface area contributed by atoms with Gasteiger partial charge in [0.15, 0.2) is 0 Å². The van der Waals surface area contributed by atoms with Crippen molar-refractivity contribution in [3.8, 4) is 0 Å². The van der Waals surface area contributed by atoms with Crippen molar-refractivity contribution in [3.05, 3.63) is 54.1 Å². The molecule has 7 heteroatoms. The number of likely N-dealkylation sites (N-methyl/N-ethyl adjacent to an activating group) is 1. The molecule has 0 fully saturated rings.